The van der Waals surface area contributed by atoms with Crippen molar-refractivity contribution in [2.45, 2.75) is 5.92 Å². The predicted molar refractivity (Wildman–Crippen MR) is 78.2 cm³/mol. The summed E-state index contributed by atoms with van der Waals surface area (Å²) >= 11 is 8.72. The maximum absolute atomic E-state index is 14.0. The van der Waals surface area contributed by atoms with Gasteiger partial charge in [-0.05, 0) is 40.2 Å². The first-order valence-corrected chi connectivity index (χ1v) is 6.95. The Hall–Kier alpha value is -1.77. The molecular formula is C15H7BrClF2NO. The number of carbonyl (C=O) groups is 1. The molecular weight excluding hydrogens is 364 g/mol. The molecule has 0 aliphatic carbocycles. The molecule has 2 nitrogen and oxygen atoms in total. The lowest BCUT2D eigenvalue weighted by molar-refractivity contribution is 0.0976. The zero-order chi connectivity index (χ0) is 15.6. The molecule has 0 heterocycles. The molecule has 0 saturated carbocycles. The third-order valence-electron chi connectivity index (χ3n) is 2.88. The minimum atomic E-state index is -1.36. The minimum absolute atomic E-state index is 0.0994. The Morgan fingerprint density at radius 3 is 2.62 bits per heavy atom. The van der Waals surface area contributed by atoms with Crippen LogP contribution in [-0.2, 0) is 0 Å². The molecule has 0 aliphatic heterocycles. The van der Waals surface area contributed by atoms with Gasteiger partial charge in [-0.25, -0.2) is 8.78 Å². The number of nitriles is 1. The van der Waals surface area contributed by atoms with Gasteiger partial charge in [0.15, 0.2) is 5.78 Å². The SMILES string of the molecule is N#CC(C(=O)c1ccc(F)cc1Br)c1cccc(Cl)c1F. The Morgan fingerprint density at radius 1 is 1.29 bits per heavy atom. The Balaban J connectivity index is 2.49. The van der Waals surface area contributed by atoms with E-state index in [1.807, 2.05) is 0 Å². The summed E-state index contributed by atoms with van der Waals surface area (Å²) in [6.45, 7) is 0. The van der Waals surface area contributed by atoms with Gasteiger partial charge in [0.05, 0.1) is 11.1 Å². The van der Waals surface area contributed by atoms with Crippen LogP contribution in [0.5, 0.6) is 0 Å². The highest BCUT2D eigenvalue weighted by Crippen LogP contribution is 2.29. The van der Waals surface area contributed by atoms with E-state index in [4.69, 9.17) is 11.6 Å². The Labute approximate surface area is 133 Å². The quantitative estimate of drug-likeness (QED) is 0.723. The van der Waals surface area contributed by atoms with Gasteiger partial charge in [0.1, 0.15) is 17.6 Å². The van der Waals surface area contributed by atoms with Crippen LogP contribution in [0, 0.1) is 23.0 Å². The van der Waals surface area contributed by atoms with E-state index in [0.29, 0.717) is 0 Å². The van der Waals surface area contributed by atoms with Crippen molar-refractivity contribution in [1.82, 2.24) is 0 Å². The van der Waals surface area contributed by atoms with Gasteiger partial charge in [-0.1, -0.05) is 23.7 Å². The van der Waals surface area contributed by atoms with E-state index in [-0.39, 0.29) is 20.6 Å². The summed E-state index contributed by atoms with van der Waals surface area (Å²) in [6.07, 6.45) is 0. The summed E-state index contributed by atoms with van der Waals surface area (Å²) in [6, 6.07) is 9.32. The summed E-state index contributed by atoms with van der Waals surface area (Å²) in [5, 5.41) is 9.03. The van der Waals surface area contributed by atoms with Gasteiger partial charge in [-0.3, -0.25) is 4.79 Å². The molecule has 2 aromatic rings. The summed E-state index contributed by atoms with van der Waals surface area (Å²) in [5.74, 6) is -3.32. The first-order valence-electron chi connectivity index (χ1n) is 5.78. The number of halogens is 4. The molecule has 1 unspecified atom stereocenters. The largest absolute Gasteiger partial charge is 0.292 e. The van der Waals surface area contributed by atoms with Gasteiger partial charge in [0.2, 0.25) is 0 Å². The van der Waals surface area contributed by atoms with E-state index in [2.05, 4.69) is 15.9 Å². The summed E-state index contributed by atoms with van der Waals surface area (Å²) in [5.41, 5.74) is -0.00597. The molecule has 2 rings (SSSR count). The zero-order valence-electron chi connectivity index (χ0n) is 10.4. The lowest BCUT2D eigenvalue weighted by atomic mass is 9.91. The van der Waals surface area contributed by atoms with E-state index >= 15 is 0 Å². The standard InChI is InChI=1S/C15H7BrClF2NO/c16-12-6-8(18)4-5-10(12)15(21)11(7-20)9-2-1-3-13(17)14(9)19/h1-6,11H. The monoisotopic (exact) mass is 369 g/mol. The molecule has 2 aromatic carbocycles. The highest BCUT2D eigenvalue weighted by molar-refractivity contribution is 9.10. The molecule has 21 heavy (non-hydrogen) atoms. The van der Waals surface area contributed by atoms with Crippen LogP contribution in [0.3, 0.4) is 0 Å². The lowest BCUT2D eigenvalue weighted by Crippen LogP contribution is -2.13. The van der Waals surface area contributed by atoms with Gasteiger partial charge in [0.25, 0.3) is 0 Å². The molecule has 0 aliphatic rings. The van der Waals surface area contributed by atoms with Gasteiger partial charge < -0.3 is 0 Å². The fraction of sp³-hybridized carbons (Fsp3) is 0.0667. The van der Waals surface area contributed by atoms with Crippen molar-refractivity contribution in [3.63, 3.8) is 0 Å². The smallest absolute Gasteiger partial charge is 0.185 e. The average molecular weight is 371 g/mol. The molecule has 6 heteroatoms. The average Bonchev–Trinajstić information content (AvgIpc) is 2.44. The second-order valence-electron chi connectivity index (χ2n) is 4.19. The Bertz CT molecular complexity index is 758. The van der Waals surface area contributed by atoms with Crippen molar-refractivity contribution in [3.05, 3.63) is 68.7 Å². The molecule has 0 saturated heterocycles. The van der Waals surface area contributed by atoms with Crippen LogP contribution >= 0.6 is 27.5 Å². The number of nitrogens with zero attached hydrogens (tertiary/aromatic N) is 1. The van der Waals surface area contributed by atoms with Crippen LogP contribution < -0.4 is 0 Å². The Morgan fingerprint density at radius 2 is 2.00 bits per heavy atom. The second kappa shape index (κ2) is 6.33. The molecule has 0 spiro atoms. The molecule has 0 fully saturated rings. The van der Waals surface area contributed by atoms with Crippen molar-refractivity contribution >= 4 is 33.3 Å². The lowest BCUT2D eigenvalue weighted by Gasteiger charge is -2.11. The van der Waals surface area contributed by atoms with E-state index < -0.39 is 23.3 Å². The van der Waals surface area contributed by atoms with Gasteiger partial charge in [0, 0.05) is 15.6 Å². The minimum Gasteiger partial charge on any atom is -0.292 e. The van der Waals surface area contributed by atoms with E-state index in [1.54, 1.807) is 6.07 Å². The molecule has 1 atom stereocenters. The van der Waals surface area contributed by atoms with Crippen molar-refractivity contribution in [2.75, 3.05) is 0 Å². The fourth-order valence-electron chi connectivity index (χ4n) is 1.86. The van der Waals surface area contributed by atoms with Crippen LogP contribution in [0.2, 0.25) is 5.02 Å². The number of carbonyl (C=O) groups excluding carboxylic acids is 1. The molecule has 0 N–H and O–H groups in total. The van der Waals surface area contributed by atoms with Crippen LogP contribution in [0.1, 0.15) is 21.8 Å². The van der Waals surface area contributed by atoms with Crippen LogP contribution in [0.15, 0.2) is 40.9 Å². The molecule has 0 bridgehead atoms. The van der Waals surface area contributed by atoms with Gasteiger partial charge >= 0.3 is 0 Å². The first-order chi connectivity index (χ1) is 9.95. The third kappa shape index (κ3) is 3.12. The Kier molecular flexibility index (Phi) is 4.71. The first kappa shape index (κ1) is 15.6. The number of ketones is 1. The summed E-state index contributed by atoms with van der Waals surface area (Å²) in [7, 11) is 0. The van der Waals surface area contributed by atoms with Crippen LogP contribution in [-0.4, -0.2) is 5.78 Å². The molecule has 106 valence electrons. The normalized spacial score (nSPS) is 11.8. The zero-order valence-corrected chi connectivity index (χ0v) is 12.8. The number of hydrogen-bond donors (Lipinski definition) is 0. The van der Waals surface area contributed by atoms with Crippen LogP contribution in [0.4, 0.5) is 8.78 Å². The highest BCUT2D eigenvalue weighted by atomic mass is 79.9. The van der Waals surface area contributed by atoms with Crippen molar-refractivity contribution in [2.24, 2.45) is 0 Å². The fourth-order valence-corrected chi connectivity index (χ4v) is 2.59. The maximum atomic E-state index is 14.0. The highest BCUT2D eigenvalue weighted by Gasteiger charge is 2.27. The number of benzene rings is 2. The summed E-state index contributed by atoms with van der Waals surface area (Å²) < 4.78 is 27.2. The van der Waals surface area contributed by atoms with E-state index in [9.17, 15) is 18.8 Å². The van der Waals surface area contributed by atoms with Crippen molar-refractivity contribution in [1.29, 1.82) is 5.26 Å². The molecule has 0 aromatic heterocycles. The van der Waals surface area contributed by atoms with Crippen molar-refractivity contribution < 1.29 is 13.6 Å². The van der Waals surface area contributed by atoms with Gasteiger partial charge in [-0.2, -0.15) is 5.26 Å². The topological polar surface area (TPSA) is 40.9 Å². The number of Topliss-reactive ketones (excluding diaryl/α,β-unsaturated/α-hetero) is 1. The third-order valence-corrected chi connectivity index (χ3v) is 3.83. The van der Waals surface area contributed by atoms with Crippen molar-refractivity contribution in [3.8, 4) is 6.07 Å². The second-order valence-corrected chi connectivity index (χ2v) is 5.46. The molecule has 0 radical (unpaired) electrons. The predicted octanol–water partition coefficient (Wildman–Crippen LogP) is 4.87. The molecule has 0 amide bonds. The maximum Gasteiger partial charge on any atom is 0.185 e. The number of hydrogen-bond acceptors (Lipinski definition) is 2. The van der Waals surface area contributed by atoms with Gasteiger partial charge in [-0.15, -0.1) is 0 Å². The number of rotatable bonds is 3. The summed E-state index contributed by atoms with van der Waals surface area (Å²) in [4.78, 5) is 12.4. The van der Waals surface area contributed by atoms with Crippen LogP contribution in [0.25, 0.3) is 0 Å². The van der Waals surface area contributed by atoms with E-state index in [1.165, 1.54) is 24.3 Å². The van der Waals surface area contributed by atoms with E-state index in [0.717, 1.165) is 12.1 Å².